The lowest BCUT2D eigenvalue weighted by Crippen LogP contribution is -2.41. The highest BCUT2D eigenvalue weighted by Gasteiger charge is 2.26. The van der Waals surface area contributed by atoms with Crippen molar-refractivity contribution in [2.45, 2.75) is 25.0 Å². The minimum atomic E-state index is -4.49. The maximum absolute atomic E-state index is 12.2. The molecule has 0 aliphatic rings. The molecular weight excluding hydrogens is 365 g/mol. The van der Waals surface area contributed by atoms with E-state index in [2.05, 4.69) is 5.32 Å². The fraction of sp³-hybridized carbons (Fsp3) is 0.500. The second-order valence-corrected chi connectivity index (χ2v) is 7.40. The number of benzene rings is 1. The van der Waals surface area contributed by atoms with Crippen LogP contribution in [0.5, 0.6) is 0 Å². The van der Waals surface area contributed by atoms with Crippen LogP contribution in [-0.4, -0.2) is 69.8 Å². The fourth-order valence-corrected chi connectivity index (χ4v) is 2.75. The molecule has 2 atom stereocenters. The van der Waals surface area contributed by atoms with Gasteiger partial charge in [-0.25, -0.2) is 0 Å². The van der Waals surface area contributed by atoms with Gasteiger partial charge in [-0.15, -0.1) is 0 Å². The predicted octanol–water partition coefficient (Wildman–Crippen LogP) is -0.779. The molecule has 5 N–H and O–H groups in total. The van der Waals surface area contributed by atoms with Crippen molar-refractivity contribution in [3.05, 3.63) is 35.9 Å². The molecule has 1 aromatic rings. The molecule has 2 unspecified atom stereocenters. The maximum atomic E-state index is 12.2. The van der Waals surface area contributed by atoms with Gasteiger partial charge in [0.2, 0.25) is 0 Å². The van der Waals surface area contributed by atoms with Crippen molar-refractivity contribution >= 4 is 19.3 Å². The first-order valence-corrected chi connectivity index (χ1v) is 9.80. The van der Waals surface area contributed by atoms with Crippen LogP contribution in [0.4, 0.5) is 0 Å². The summed E-state index contributed by atoms with van der Waals surface area (Å²) in [5.74, 6) is -1.28. The van der Waals surface area contributed by atoms with Crippen molar-refractivity contribution in [3.8, 4) is 0 Å². The van der Waals surface area contributed by atoms with E-state index in [1.807, 2.05) is 0 Å². The molecule has 146 valence electrons. The van der Waals surface area contributed by atoms with Gasteiger partial charge >= 0.3 is 13.6 Å². The SMILES string of the molecule is O=C(CCNC(Cc1ccccc1)C(=O)CP(=O)(O)O)OCC(O)CO. The van der Waals surface area contributed by atoms with Crippen molar-refractivity contribution in [2.24, 2.45) is 0 Å². The third-order valence-electron chi connectivity index (χ3n) is 3.40. The number of ether oxygens (including phenoxy) is 1. The highest BCUT2D eigenvalue weighted by atomic mass is 31.2. The number of ketones is 1. The molecule has 0 saturated heterocycles. The van der Waals surface area contributed by atoms with Crippen molar-refractivity contribution in [2.75, 3.05) is 25.9 Å². The standard InChI is InChI=1S/C16H24NO8P/c18-9-13(19)10-25-16(21)6-7-17-14(15(20)11-26(22,23)24)8-12-4-2-1-3-5-12/h1-5,13-14,17-19H,6-11H2,(H2,22,23,24). The molecule has 1 aromatic carbocycles. The largest absolute Gasteiger partial charge is 0.463 e. The zero-order valence-electron chi connectivity index (χ0n) is 14.2. The Morgan fingerprint density at radius 3 is 2.42 bits per heavy atom. The predicted molar refractivity (Wildman–Crippen MR) is 92.5 cm³/mol. The number of carbonyl (C=O) groups is 2. The molecule has 0 fully saturated rings. The van der Waals surface area contributed by atoms with Gasteiger partial charge in [0, 0.05) is 6.54 Å². The molecule has 0 aliphatic heterocycles. The van der Waals surface area contributed by atoms with Gasteiger partial charge in [0.1, 0.15) is 18.9 Å². The Labute approximate surface area is 151 Å². The van der Waals surface area contributed by atoms with Gasteiger partial charge in [0.25, 0.3) is 0 Å². The van der Waals surface area contributed by atoms with Gasteiger partial charge in [-0.05, 0) is 12.0 Å². The van der Waals surface area contributed by atoms with Crippen LogP contribution < -0.4 is 5.32 Å². The Hall–Kier alpha value is -1.61. The van der Waals surface area contributed by atoms with Crippen LogP contribution in [0.1, 0.15) is 12.0 Å². The molecular formula is C16H24NO8P. The molecule has 0 aromatic heterocycles. The topological polar surface area (TPSA) is 153 Å². The normalized spacial score (nSPS) is 13.8. The summed E-state index contributed by atoms with van der Waals surface area (Å²) in [5, 5.41) is 20.6. The van der Waals surface area contributed by atoms with Gasteiger partial charge in [-0.2, -0.15) is 0 Å². The molecule has 0 radical (unpaired) electrons. The number of nitrogens with one attached hydrogen (secondary N) is 1. The summed E-state index contributed by atoms with van der Waals surface area (Å²) in [5.41, 5.74) is 0.803. The number of hydrogen-bond donors (Lipinski definition) is 5. The number of carbonyl (C=O) groups excluding carboxylic acids is 2. The highest BCUT2D eigenvalue weighted by molar-refractivity contribution is 7.52. The van der Waals surface area contributed by atoms with Crippen molar-refractivity contribution in [1.29, 1.82) is 0 Å². The fourth-order valence-electron chi connectivity index (χ4n) is 2.13. The summed E-state index contributed by atoms with van der Waals surface area (Å²) in [6.45, 7) is -0.806. The Balaban J connectivity index is 2.57. The van der Waals surface area contributed by atoms with Gasteiger partial charge < -0.3 is 30.1 Å². The van der Waals surface area contributed by atoms with Crippen LogP contribution in [0.2, 0.25) is 0 Å². The Morgan fingerprint density at radius 2 is 1.85 bits per heavy atom. The number of aliphatic hydroxyl groups is 2. The molecule has 0 bridgehead atoms. The number of Topliss-reactive ketones (excluding diaryl/α,β-unsaturated/α-hetero) is 1. The first-order chi connectivity index (χ1) is 12.2. The molecule has 1 rings (SSSR count). The minimum absolute atomic E-state index is 0.0540. The van der Waals surface area contributed by atoms with E-state index >= 15 is 0 Å². The number of rotatable bonds is 12. The Bertz CT molecular complexity index is 618. The maximum Gasteiger partial charge on any atom is 0.332 e. The van der Waals surface area contributed by atoms with Crippen LogP contribution in [0.3, 0.4) is 0 Å². The molecule has 0 aliphatic carbocycles. The van der Waals surface area contributed by atoms with Crippen LogP contribution in [0.25, 0.3) is 0 Å². The van der Waals surface area contributed by atoms with E-state index in [0.29, 0.717) is 0 Å². The molecule has 10 heteroatoms. The molecule has 9 nitrogen and oxygen atoms in total. The van der Waals surface area contributed by atoms with Gasteiger partial charge in [-0.3, -0.25) is 14.2 Å². The van der Waals surface area contributed by atoms with Gasteiger partial charge in [0.05, 0.1) is 19.1 Å². The molecule has 0 amide bonds. The zero-order valence-corrected chi connectivity index (χ0v) is 15.0. The summed E-state index contributed by atoms with van der Waals surface area (Å²) in [7, 11) is -4.49. The molecule has 0 saturated carbocycles. The molecule has 26 heavy (non-hydrogen) atoms. The lowest BCUT2D eigenvalue weighted by Gasteiger charge is -2.18. The third kappa shape index (κ3) is 9.76. The first-order valence-electron chi connectivity index (χ1n) is 8.00. The van der Waals surface area contributed by atoms with E-state index in [-0.39, 0.29) is 26.0 Å². The van der Waals surface area contributed by atoms with Gasteiger partial charge in [0.15, 0.2) is 5.78 Å². The smallest absolute Gasteiger partial charge is 0.332 e. The lowest BCUT2D eigenvalue weighted by molar-refractivity contribution is -0.147. The average Bonchev–Trinajstić information content (AvgIpc) is 2.58. The molecule has 0 spiro atoms. The Morgan fingerprint density at radius 1 is 1.19 bits per heavy atom. The third-order valence-corrected chi connectivity index (χ3v) is 4.12. The first kappa shape index (κ1) is 22.4. The average molecular weight is 389 g/mol. The van der Waals surface area contributed by atoms with E-state index in [0.717, 1.165) is 5.56 Å². The quantitative estimate of drug-likeness (QED) is 0.229. The van der Waals surface area contributed by atoms with E-state index in [1.54, 1.807) is 30.3 Å². The van der Waals surface area contributed by atoms with E-state index in [9.17, 15) is 14.2 Å². The second-order valence-electron chi connectivity index (χ2n) is 5.75. The van der Waals surface area contributed by atoms with Crippen molar-refractivity contribution < 1.29 is 38.9 Å². The van der Waals surface area contributed by atoms with E-state index in [1.165, 1.54) is 0 Å². The number of hydrogen-bond acceptors (Lipinski definition) is 7. The highest BCUT2D eigenvalue weighted by Crippen LogP contribution is 2.34. The molecule has 0 heterocycles. The summed E-state index contributed by atoms with van der Waals surface area (Å²) < 4.78 is 15.8. The van der Waals surface area contributed by atoms with Crippen LogP contribution in [0, 0.1) is 0 Å². The summed E-state index contributed by atoms with van der Waals surface area (Å²) >= 11 is 0. The minimum Gasteiger partial charge on any atom is -0.463 e. The zero-order chi connectivity index (χ0) is 19.6. The van der Waals surface area contributed by atoms with E-state index < -0.39 is 44.3 Å². The lowest BCUT2D eigenvalue weighted by atomic mass is 10.0. The summed E-state index contributed by atoms with van der Waals surface area (Å²) in [6, 6.07) is 8.07. The summed E-state index contributed by atoms with van der Waals surface area (Å²) in [6.07, 6.45) is -1.92. The van der Waals surface area contributed by atoms with Crippen molar-refractivity contribution in [3.63, 3.8) is 0 Å². The van der Waals surface area contributed by atoms with Crippen LogP contribution in [-0.2, 0) is 25.3 Å². The summed E-state index contributed by atoms with van der Waals surface area (Å²) in [4.78, 5) is 41.7. The van der Waals surface area contributed by atoms with Crippen LogP contribution in [0.15, 0.2) is 30.3 Å². The number of aliphatic hydroxyl groups excluding tert-OH is 2. The Kier molecular flexibility index (Phi) is 9.64. The monoisotopic (exact) mass is 389 g/mol. The second kappa shape index (κ2) is 11.2. The van der Waals surface area contributed by atoms with Crippen molar-refractivity contribution in [1.82, 2.24) is 5.32 Å². The van der Waals surface area contributed by atoms with Crippen LogP contribution >= 0.6 is 7.60 Å². The number of esters is 1. The van der Waals surface area contributed by atoms with E-state index in [4.69, 9.17) is 24.7 Å². The van der Waals surface area contributed by atoms with Gasteiger partial charge in [-0.1, -0.05) is 30.3 Å².